The zero-order chi connectivity index (χ0) is 15.9. The van der Waals surface area contributed by atoms with Crippen molar-refractivity contribution >= 4 is 11.6 Å². The van der Waals surface area contributed by atoms with Crippen LogP contribution < -0.4 is 16.4 Å². The molecule has 1 amide bonds. The van der Waals surface area contributed by atoms with Crippen molar-refractivity contribution < 1.29 is 9.18 Å². The molecule has 0 heterocycles. The van der Waals surface area contributed by atoms with Crippen LogP contribution in [0.1, 0.15) is 18.1 Å². The van der Waals surface area contributed by atoms with E-state index in [1.807, 2.05) is 30.3 Å². The van der Waals surface area contributed by atoms with Crippen molar-refractivity contribution in [2.75, 3.05) is 5.32 Å². The van der Waals surface area contributed by atoms with Crippen molar-refractivity contribution in [3.63, 3.8) is 0 Å². The molecule has 2 aromatic rings. The molecule has 0 aliphatic carbocycles. The molecule has 2 aromatic carbocycles. The number of carbonyl (C=O) groups is 1. The zero-order valence-electron chi connectivity index (χ0n) is 12.5. The molecule has 0 aromatic heterocycles. The summed E-state index contributed by atoms with van der Waals surface area (Å²) in [6.45, 7) is 2.73. The van der Waals surface area contributed by atoms with Gasteiger partial charge in [-0.3, -0.25) is 4.79 Å². The van der Waals surface area contributed by atoms with Gasteiger partial charge in [-0.1, -0.05) is 30.3 Å². The smallest absolute Gasteiger partial charge is 0.234 e. The van der Waals surface area contributed by atoms with Crippen LogP contribution in [0.4, 0.5) is 10.1 Å². The summed E-state index contributed by atoms with van der Waals surface area (Å²) in [6.07, 6.45) is 0. The topological polar surface area (TPSA) is 67.2 Å². The van der Waals surface area contributed by atoms with Crippen LogP contribution in [0.15, 0.2) is 48.5 Å². The first kappa shape index (κ1) is 16.0. The minimum absolute atomic E-state index is 0.212. The van der Waals surface area contributed by atoms with E-state index in [1.54, 1.807) is 19.1 Å². The van der Waals surface area contributed by atoms with Crippen LogP contribution in [-0.4, -0.2) is 11.9 Å². The molecule has 1 atom stereocenters. The third kappa shape index (κ3) is 4.56. The van der Waals surface area contributed by atoms with E-state index in [2.05, 4.69) is 10.6 Å². The highest BCUT2D eigenvalue weighted by molar-refractivity contribution is 5.79. The molecule has 4 N–H and O–H groups in total. The van der Waals surface area contributed by atoms with Gasteiger partial charge in [-0.05, 0) is 30.7 Å². The molecule has 5 heteroatoms. The van der Waals surface area contributed by atoms with Crippen molar-refractivity contribution in [1.29, 1.82) is 0 Å². The van der Waals surface area contributed by atoms with E-state index in [0.717, 1.165) is 11.3 Å². The second-order valence-electron chi connectivity index (χ2n) is 5.15. The summed E-state index contributed by atoms with van der Waals surface area (Å²) in [7, 11) is 0. The van der Waals surface area contributed by atoms with Gasteiger partial charge in [-0.25, -0.2) is 4.39 Å². The maximum Gasteiger partial charge on any atom is 0.234 e. The van der Waals surface area contributed by atoms with E-state index in [9.17, 15) is 9.18 Å². The minimum Gasteiger partial charge on any atom is -0.381 e. The fraction of sp³-hybridized carbons (Fsp3) is 0.235. The molecule has 0 saturated carbocycles. The predicted molar refractivity (Wildman–Crippen MR) is 85.7 cm³/mol. The molecular formula is C17H20FN3O. The number of nitrogens with one attached hydrogen (secondary N) is 2. The number of benzene rings is 2. The number of hydrogen-bond acceptors (Lipinski definition) is 3. The lowest BCUT2D eigenvalue weighted by Gasteiger charge is -2.11. The summed E-state index contributed by atoms with van der Waals surface area (Å²) < 4.78 is 13.5. The Balaban J connectivity index is 1.87. The van der Waals surface area contributed by atoms with Crippen LogP contribution in [0.25, 0.3) is 0 Å². The van der Waals surface area contributed by atoms with Crippen LogP contribution in [0.2, 0.25) is 0 Å². The van der Waals surface area contributed by atoms with Crippen LogP contribution in [0, 0.1) is 5.82 Å². The number of halogens is 1. The molecule has 0 radical (unpaired) electrons. The number of carbonyl (C=O) groups excluding carboxylic acids is 1. The van der Waals surface area contributed by atoms with Gasteiger partial charge in [0.25, 0.3) is 0 Å². The Morgan fingerprint density at radius 1 is 1.14 bits per heavy atom. The molecule has 2 rings (SSSR count). The number of anilines is 1. The summed E-state index contributed by atoms with van der Waals surface area (Å²) in [5.41, 5.74) is 7.78. The van der Waals surface area contributed by atoms with E-state index < -0.39 is 0 Å². The van der Waals surface area contributed by atoms with Crippen molar-refractivity contribution in [2.24, 2.45) is 5.73 Å². The van der Waals surface area contributed by atoms with Crippen LogP contribution in [-0.2, 0) is 17.9 Å². The van der Waals surface area contributed by atoms with Gasteiger partial charge < -0.3 is 16.4 Å². The average molecular weight is 301 g/mol. The van der Waals surface area contributed by atoms with Gasteiger partial charge in [0.15, 0.2) is 0 Å². The lowest BCUT2D eigenvalue weighted by atomic mass is 10.1. The molecule has 22 heavy (non-hydrogen) atoms. The van der Waals surface area contributed by atoms with Gasteiger partial charge >= 0.3 is 0 Å². The van der Waals surface area contributed by atoms with Crippen LogP contribution in [0.5, 0.6) is 0 Å². The number of rotatable bonds is 7. The summed E-state index contributed by atoms with van der Waals surface area (Å²) in [6, 6.07) is 14.1. The average Bonchev–Trinajstić information content (AvgIpc) is 2.52. The van der Waals surface area contributed by atoms with Crippen LogP contribution >= 0.6 is 0 Å². The second kappa shape index (κ2) is 7.56. The third-order valence-corrected chi connectivity index (χ3v) is 3.43. The maximum atomic E-state index is 13.5. The standard InChI is InChI=1S/C17H20FN3O/c1-12(17(19)22)20-10-13-6-8-15(9-7-13)21-11-14-4-2-3-5-16(14)18/h2-9,12,20-21H,10-11H2,1H3,(H2,19,22). The Bertz CT molecular complexity index is 628. The molecule has 116 valence electrons. The van der Waals surface area contributed by atoms with E-state index >= 15 is 0 Å². The Morgan fingerprint density at radius 2 is 1.82 bits per heavy atom. The van der Waals surface area contributed by atoms with Crippen molar-refractivity contribution in [1.82, 2.24) is 5.32 Å². The SMILES string of the molecule is CC(NCc1ccc(NCc2ccccc2F)cc1)C(N)=O. The van der Waals surface area contributed by atoms with Crippen molar-refractivity contribution in [2.45, 2.75) is 26.1 Å². The first-order chi connectivity index (χ1) is 10.6. The number of primary amides is 1. The van der Waals surface area contributed by atoms with E-state index in [-0.39, 0.29) is 17.8 Å². The maximum absolute atomic E-state index is 13.5. The molecule has 4 nitrogen and oxygen atoms in total. The van der Waals surface area contributed by atoms with E-state index in [1.165, 1.54) is 6.07 Å². The number of nitrogens with two attached hydrogens (primary N) is 1. The van der Waals surface area contributed by atoms with Gasteiger partial charge in [-0.2, -0.15) is 0 Å². The summed E-state index contributed by atoms with van der Waals surface area (Å²) in [4.78, 5) is 10.9. The Kier molecular flexibility index (Phi) is 5.49. The fourth-order valence-corrected chi connectivity index (χ4v) is 1.95. The highest BCUT2D eigenvalue weighted by atomic mass is 19.1. The first-order valence-electron chi connectivity index (χ1n) is 7.15. The quantitative estimate of drug-likeness (QED) is 0.735. The Labute approximate surface area is 129 Å². The summed E-state index contributed by atoms with van der Waals surface area (Å²) in [5.74, 6) is -0.584. The zero-order valence-corrected chi connectivity index (χ0v) is 12.5. The van der Waals surface area contributed by atoms with Crippen molar-refractivity contribution in [3.8, 4) is 0 Å². The Hall–Kier alpha value is -2.40. The summed E-state index contributed by atoms with van der Waals surface area (Å²) >= 11 is 0. The van der Waals surface area contributed by atoms with E-state index in [4.69, 9.17) is 5.73 Å². The molecule has 0 aliphatic heterocycles. The molecular weight excluding hydrogens is 281 g/mol. The second-order valence-corrected chi connectivity index (χ2v) is 5.15. The van der Waals surface area contributed by atoms with Gasteiger partial charge in [-0.15, -0.1) is 0 Å². The Morgan fingerprint density at radius 3 is 2.45 bits per heavy atom. The van der Waals surface area contributed by atoms with Crippen molar-refractivity contribution in [3.05, 3.63) is 65.5 Å². The monoisotopic (exact) mass is 301 g/mol. The highest BCUT2D eigenvalue weighted by Gasteiger charge is 2.07. The molecule has 0 aliphatic rings. The van der Waals surface area contributed by atoms with Gasteiger partial charge in [0.05, 0.1) is 6.04 Å². The minimum atomic E-state index is -0.372. The predicted octanol–water partition coefficient (Wildman–Crippen LogP) is 2.40. The molecule has 0 fully saturated rings. The molecule has 0 bridgehead atoms. The van der Waals surface area contributed by atoms with Gasteiger partial charge in [0.1, 0.15) is 5.82 Å². The normalized spacial score (nSPS) is 11.9. The lowest BCUT2D eigenvalue weighted by Crippen LogP contribution is -2.38. The summed E-state index contributed by atoms with van der Waals surface area (Å²) in [5, 5.41) is 6.22. The van der Waals surface area contributed by atoms with Gasteiger partial charge in [0.2, 0.25) is 5.91 Å². The van der Waals surface area contributed by atoms with Gasteiger partial charge in [0, 0.05) is 24.3 Å². The number of amides is 1. The number of hydrogen-bond donors (Lipinski definition) is 3. The molecule has 1 unspecified atom stereocenters. The first-order valence-corrected chi connectivity index (χ1v) is 7.15. The largest absolute Gasteiger partial charge is 0.381 e. The molecule has 0 spiro atoms. The lowest BCUT2D eigenvalue weighted by molar-refractivity contribution is -0.119. The third-order valence-electron chi connectivity index (χ3n) is 3.43. The van der Waals surface area contributed by atoms with E-state index in [0.29, 0.717) is 18.7 Å². The van der Waals surface area contributed by atoms with Crippen LogP contribution in [0.3, 0.4) is 0 Å². The molecule has 0 saturated heterocycles. The highest BCUT2D eigenvalue weighted by Crippen LogP contribution is 2.13. The fourth-order valence-electron chi connectivity index (χ4n) is 1.95.